The van der Waals surface area contributed by atoms with Crippen molar-refractivity contribution in [2.75, 3.05) is 0 Å². The Kier molecular flexibility index (Phi) is 75.1. The van der Waals surface area contributed by atoms with E-state index in [4.69, 9.17) is 0 Å². The number of aliphatic carboxylic acids is 7. The molecule has 0 aliphatic rings. The molecule has 0 aromatic rings. The quantitative estimate of drug-likeness (QED) is 0.0685. The number of hydrogen-bond donors (Lipinski definition) is 0. The molecule has 0 fully saturated rings. The van der Waals surface area contributed by atoms with Crippen LogP contribution in [0.5, 0.6) is 0 Å². The van der Waals surface area contributed by atoms with E-state index in [1.165, 1.54) is 0 Å². The number of ketones is 7. The average molecular weight is 1130 g/mol. The van der Waals surface area contributed by atoms with Crippen molar-refractivity contribution < 1.29 is 165 Å². The van der Waals surface area contributed by atoms with E-state index in [0.717, 1.165) is 0 Å². The fourth-order valence-electron chi connectivity index (χ4n) is 3.70. The van der Waals surface area contributed by atoms with Crippen molar-refractivity contribution in [3.8, 4) is 0 Å². The Morgan fingerprint density at radius 1 is 0.231 bits per heavy atom. The molecule has 0 aliphatic carbocycles. The molecule has 0 N–H and O–H groups in total. The molecule has 0 saturated heterocycles. The summed E-state index contributed by atoms with van der Waals surface area (Å²) in [6, 6.07) is 0. The summed E-state index contributed by atoms with van der Waals surface area (Å²) >= 11 is 0. The minimum Gasteiger partial charge on any atom is -0.550 e. The standard InChI is InChI=1S/7C6H10O3.La.Zr/c7*1-2-3-5(7)4-6(8)9;;/h7*2-4H2,1H3,(H,8,9);;/q;;;;;;;+3;+4/p-7. The van der Waals surface area contributed by atoms with E-state index in [-0.39, 0.29) is 102 Å². The van der Waals surface area contributed by atoms with Crippen molar-refractivity contribution in [3.05, 3.63) is 0 Å². The minimum atomic E-state index is -1.28. The van der Waals surface area contributed by atoms with Gasteiger partial charge in [-0.05, 0) is 44.9 Å². The molecule has 364 valence electrons. The predicted octanol–water partition coefficient (Wildman–Crippen LogP) is -3.53. The van der Waals surface area contributed by atoms with E-state index in [0.29, 0.717) is 89.9 Å². The maximum Gasteiger partial charge on any atom is 4.00 e. The molecule has 0 amide bonds. The number of carboxylic acids is 7. The summed E-state index contributed by atoms with van der Waals surface area (Å²) in [5.41, 5.74) is 0. The van der Waals surface area contributed by atoms with Gasteiger partial charge >= 0.3 is 61.8 Å². The van der Waals surface area contributed by atoms with Gasteiger partial charge in [0.15, 0.2) is 0 Å². The number of carboxylic acid groups (broad SMARTS) is 7. The van der Waals surface area contributed by atoms with Crippen LogP contribution in [0.4, 0.5) is 0 Å². The van der Waals surface area contributed by atoms with Gasteiger partial charge in [0, 0.05) is 132 Å². The molecule has 0 aromatic heterocycles. The van der Waals surface area contributed by atoms with E-state index < -0.39 is 86.7 Å². The Labute approximate surface area is 427 Å². The number of rotatable bonds is 28. The molecule has 0 aliphatic heterocycles. The van der Waals surface area contributed by atoms with E-state index >= 15 is 0 Å². The number of hydrogen-bond acceptors (Lipinski definition) is 21. The van der Waals surface area contributed by atoms with Crippen molar-refractivity contribution in [1.82, 2.24) is 0 Å². The summed E-state index contributed by atoms with van der Waals surface area (Å²) in [5, 5.41) is 68.3. The van der Waals surface area contributed by atoms with Crippen molar-refractivity contribution in [3.63, 3.8) is 0 Å². The molecule has 0 rings (SSSR count). The topological polar surface area (TPSA) is 400 Å². The molecule has 0 radical (unpaired) electrons. The first kappa shape index (κ1) is 81.3. The molecule has 23 heteroatoms. The Bertz CT molecular complexity index is 1130. The third-order valence-electron chi connectivity index (χ3n) is 6.09. The second-order valence-corrected chi connectivity index (χ2v) is 12.9. The van der Waals surface area contributed by atoms with Crippen molar-refractivity contribution >= 4 is 82.3 Å². The predicted molar refractivity (Wildman–Crippen MR) is 207 cm³/mol. The Morgan fingerprint density at radius 2 is 0.308 bits per heavy atom. The zero-order chi connectivity index (χ0) is 50.9. The molecule has 0 unspecified atom stereocenters. The molecule has 0 heterocycles. The summed E-state index contributed by atoms with van der Waals surface area (Å²) in [7, 11) is 0. The maximum absolute atomic E-state index is 10.4. The average Bonchev–Trinajstić information content (AvgIpc) is 3.08. The van der Waals surface area contributed by atoms with Crippen LogP contribution in [0.25, 0.3) is 0 Å². The number of carbonyl (C=O) groups is 14. The van der Waals surface area contributed by atoms with Gasteiger partial charge in [-0.15, -0.1) is 0 Å². The van der Waals surface area contributed by atoms with E-state index in [9.17, 15) is 103 Å². The van der Waals surface area contributed by atoms with Gasteiger partial charge in [-0.1, -0.05) is 48.5 Å². The summed E-state index contributed by atoms with van der Waals surface area (Å²) in [6.07, 6.45) is 4.24. The zero-order valence-electron chi connectivity index (χ0n) is 38.5. The second-order valence-electron chi connectivity index (χ2n) is 12.9. The fourth-order valence-corrected chi connectivity index (χ4v) is 3.70. The Hall–Kier alpha value is -3.94. The molecule has 0 spiro atoms. The molecule has 21 nitrogen and oxygen atoms in total. The monoisotopic (exact) mass is 1130 g/mol. The van der Waals surface area contributed by atoms with Gasteiger partial charge in [0.25, 0.3) is 0 Å². The fraction of sp³-hybridized carbons (Fsp3) is 0.667. The molecule has 0 atom stereocenters. The first-order chi connectivity index (χ1) is 29.1. The summed E-state index contributed by atoms with van der Waals surface area (Å²) in [6.45, 7) is 12.8. The van der Waals surface area contributed by atoms with Crippen LogP contribution >= 0.6 is 0 Å². The van der Waals surface area contributed by atoms with Crippen LogP contribution < -0.4 is 35.7 Å². The van der Waals surface area contributed by atoms with Gasteiger partial charge in [-0.25, -0.2) is 0 Å². The molecule has 0 bridgehead atoms. The van der Waals surface area contributed by atoms with Gasteiger partial charge in [0.05, 0.1) is 0 Å². The molecule has 0 saturated carbocycles. The third-order valence-corrected chi connectivity index (χ3v) is 6.09. The SMILES string of the molecule is CCCC(=O)CC(=O)[O-].CCCC(=O)CC(=O)[O-].CCCC(=O)CC(=O)[O-].CCCC(=O)CC(=O)[O-].CCCC(=O)CC(=O)[O-].CCCC(=O)CC(=O)[O-].CCCC(=O)CC(=O)[O-].[La+3].[Zr+4]. The van der Waals surface area contributed by atoms with E-state index in [1.54, 1.807) is 0 Å². The molecular formula is C42H63LaO21Zr. The van der Waals surface area contributed by atoms with Crippen molar-refractivity contribution in [2.45, 2.75) is 183 Å². The van der Waals surface area contributed by atoms with Gasteiger partial charge in [-0.2, -0.15) is 0 Å². The van der Waals surface area contributed by atoms with E-state index in [2.05, 4.69) is 0 Å². The Morgan fingerprint density at radius 3 is 0.354 bits per heavy atom. The maximum atomic E-state index is 10.4. The van der Waals surface area contributed by atoms with Gasteiger partial charge in [0.1, 0.15) is 40.5 Å². The number of carbonyl (C=O) groups excluding carboxylic acids is 14. The van der Waals surface area contributed by atoms with Crippen molar-refractivity contribution in [1.29, 1.82) is 0 Å². The molecule has 65 heavy (non-hydrogen) atoms. The van der Waals surface area contributed by atoms with Gasteiger partial charge in [0.2, 0.25) is 0 Å². The summed E-state index contributed by atoms with van der Waals surface area (Å²) in [4.78, 5) is 141. The largest absolute Gasteiger partial charge is 4.00 e. The molecular weight excluding hydrogens is 1070 g/mol. The normalized spacial score (nSPS) is 8.72. The van der Waals surface area contributed by atoms with Crippen LogP contribution in [-0.4, -0.2) is 82.3 Å². The Balaban J connectivity index is -0.0000000800. The van der Waals surface area contributed by atoms with Crippen LogP contribution in [0.1, 0.15) is 183 Å². The number of Topliss-reactive ketones (excluding diaryl/α,β-unsaturated/α-hetero) is 7. The third kappa shape index (κ3) is 99.7. The van der Waals surface area contributed by atoms with Crippen LogP contribution in [0, 0.1) is 35.6 Å². The van der Waals surface area contributed by atoms with Crippen LogP contribution in [0.3, 0.4) is 0 Å². The first-order valence-electron chi connectivity index (χ1n) is 20.2. The summed E-state index contributed by atoms with van der Waals surface area (Å²) < 4.78 is 0. The zero-order valence-corrected chi connectivity index (χ0v) is 44.6. The molecule has 0 aromatic carbocycles. The van der Waals surface area contributed by atoms with Crippen molar-refractivity contribution in [2.24, 2.45) is 0 Å². The van der Waals surface area contributed by atoms with Crippen LogP contribution in [-0.2, 0) is 93.3 Å². The minimum absolute atomic E-state index is 0. The summed E-state index contributed by atoms with van der Waals surface area (Å²) in [5.74, 6) is -10.8. The second kappa shape index (κ2) is 60.1. The first-order valence-corrected chi connectivity index (χ1v) is 20.2. The van der Waals surface area contributed by atoms with Crippen LogP contribution in [0.2, 0.25) is 0 Å². The van der Waals surface area contributed by atoms with Gasteiger partial charge < -0.3 is 69.3 Å². The van der Waals surface area contributed by atoms with Gasteiger partial charge in [-0.3, -0.25) is 33.6 Å². The van der Waals surface area contributed by atoms with Crippen LogP contribution in [0.15, 0.2) is 0 Å². The smallest absolute Gasteiger partial charge is 0.550 e. The van der Waals surface area contributed by atoms with E-state index in [1.807, 2.05) is 48.5 Å².